The highest BCUT2D eigenvalue weighted by Crippen LogP contribution is 2.33. The third-order valence-corrected chi connectivity index (χ3v) is 3.07. The Balaban J connectivity index is 2.14. The van der Waals surface area contributed by atoms with Crippen LogP contribution in [-0.4, -0.2) is 19.3 Å². The zero-order chi connectivity index (χ0) is 13.2. The maximum atomic E-state index is 12.8. The molecule has 1 unspecified atom stereocenters. The van der Waals surface area contributed by atoms with E-state index in [1.165, 1.54) is 19.1 Å². The van der Waals surface area contributed by atoms with Crippen LogP contribution >= 0.6 is 0 Å². The standard InChI is InChI=1S/C13H16F3NO/c1-9-4-5-10(7-12(9)13(14,15)16)17-11-3-2-6-18-8-11/h4-5,7,11,17H,2-3,6,8H2,1H3. The van der Waals surface area contributed by atoms with Crippen LogP contribution in [0.15, 0.2) is 18.2 Å². The Morgan fingerprint density at radius 1 is 1.33 bits per heavy atom. The van der Waals surface area contributed by atoms with Crippen molar-refractivity contribution in [2.24, 2.45) is 0 Å². The molecule has 1 atom stereocenters. The van der Waals surface area contributed by atoms with E-state index in [1.807, 2.05) is 0 Å². The highest BCUT2D eigenvalue weighted by atomic mass is 19.4. The van der Waals surface area contributed by atoms with Crippen molar-refractivity contribution in [2.45, 2.75) is 32.0 Å². The minimum atomic E-state index is -4.30. The van der Waals surface area contributed by atoms with Gasteiger partial charge in [0, 0.05) is 18.3 Å². The van der Waals surface area contributed by atoms with Crippen molar-refractivity contribution >= 4 is 5.69 Å². The summed E-state index contributed by atoms with van der Waals surface area (Å²) in [5.41, 5.74) is 0.167. The minimum Gasteiger partial charge on any atom is -0.380 e. The molecule has 1 aromatic rings. The molecule has 0 bridgehead atoms. The largest absolute Gasteiger partial charge is 0.416 e. The molecule has 1 fully saturated rings. The predicted molar refractivity (Wildman–Crippen MR) is 63.6 cm³/mol. The Labute approximate surface area is 104 Å². The van der Waals surface area contributed by atoms with Gasteiger partial charge >= 0.3 is 6.18 Å². The number of hydrogen-bond acceptors (Lipinski definition) is 2. The van der Waals surface area contributed by atoms with Gasteiger partial charge in [-0.1, -0.05) is 6.07 Å². The minimum absolute atomic E-state index is 0.0996. The summed E-state index contributed by atoms with van der Waals surface area (Å²) in [6, 6.07) is 4.44. The summed E-state index contributed by atoms with van der Waals surface area (Å²) >= 11 is 0. The fourth-order valence-corrected chi connectivity index (χ4v) is 2.11. The molecule has 5 heteroatoms. The summed E-state index contributed by atoms with van der Waals surface area (Å²) in [6.07, 6.45) is -2.43. The average molecular weight is 259 g/mol. The smallest absolute Gasteiger partial charge is 0.380 e. The molecule has 1 aromatic carbocycles. The summed E-state index contributed by atoms with van der Waals surface area (Å²) < 4.78 is 43.6. The van der Waals surface area contributed by atoms with Crippen molar-refractivity contribution in [2.75, 3.05) is 18.5 Å². The molecule has 0 aliphatic carbocycles. The van der Waals surface area contributed by atoms with Crippen molar-refractivity contribution in [1.29, 1.82) is 0 Å². The Bertz CT molecular complexity index is 411. The van der Waals surface area contributed by atoms with Crippen molar-refractivity contribution in [1.82, 2.24) is 0 Å². The summed E-state index contributed by atoms with van der Waals surface area (Å²) in [4.78, 5) is 0. The van der Waals surface area contributed by atoms with E-state index >= 15 is 0 Å². The Morgan fingerprint density at radius 2 is 2.11 bits per heavy atom. The molecular weight excluding hydrogens is 243 g/mol. The summed E-state index contributed by atoms with van der Waals surface area (Å²) in [5, 5.41) is 3.10. The van der Waals surface area contributed by atoms with E-state index in [4.69, 9.17) is 4.74 Å². The van der Waals surface area contributed by atoms with Crippen LogP contribution in [0.5, 0.6) is 0 Å². The van der Waals surface area contributed by atoms with Gasteiger partial charge in [0.25, 0.3) is 0 Å². The van der Waals surface area contributed by atoms with Crippen LogP contribution in [0.25, 0.3) is 0 Å². The van der Waals surface area contributed by atoms with Gasteiger partial charge in [0.2, 0.25) is 0 Å². The fourth-order valence-electron chi connectivity index (χ4n) is 2.11. The number of aryl methyl sites for hydroxylation is 1. The van der Waals surface area contributed by atoms with E-state index in [-0.39, 0.29) is 11.6 Å². The molecule has 0 aromatic heterocycles. The summed E-state index contributed by atoms with van der Waals surface area (Å²) in [6.45, 7) is 2.76. The van der Waals surface area contributed by atoms with Crippen LogP contribution in [0.3, 0.4) is 0 Å². The first-order chi connectivity index (χ1) is 8.47. The second-order valence-corrected chi connectivity index (χ2v) is 4.59. The van der Waals surface area contributed by atoms with E-state index in [2.05, 4.69) is 5.32 Å². The molecule has 0 saturated carbocycles. The lowest BCUT2D eigenvalue weighted by Crippen LogP contribution is -2.30. The molecule has 0 spiro atoms. The molecule has 1 aliphatic heterocycles. The van der Waals surface area contributed by atoms with Crippen LogP contribution in [0.4, 0.5) is 18.9 Å². The maximum absolute atomic E-state index is 12.8. The van der Waals surface area contributed by atoms with Gasteiger partial charge in [0.15, 0.2) is 0 Å². The molecular formula is C13H16F3NO. The lowest BCUT2D eigenvalue weighted by Gasteiger charge is -2.24. The Kier molecular flexibility index (Phi) is 3.80. The topological polar surface area (TPSA) is 21.3 Å². The molecule has 0 amide bonds. The molecule has 18 heavy (non-hydrogen) atoms. The third kappa shape index (κ3) is 3.16. The number of benzene rings is 1. The zero-order valence-corrected chi connectivity index (χ0v) is 10.2. The first-order valence-corrected chi connectivity index (χ1v) is 5.99. The zero-order valence-electron chi connectivity index (χ0n) is 10.2. The van der Waals surface area contributed by atoms with Gasteiger partial charge in [-0.05, 0) is 37.5 Å². The highest BCUT2D eigenvalue weighted by molar-refractivity contribution is 5.50. The van der Waals surface area contributed by atoms with Gasteiger partial charge in [-0.25, -0.2) is 0 Å². The van der Waals surface area contributed by atoms with Gasteiger partial charge in [-0.15, -0.1) is 0 Å². The normalized spacial score (nSPS) is 20.8. The Morgan fingerprint density at radius 3 is 2.72 bits per heavy atom. The van der Waals surface area contributed by atoms with Crippen LogP contribution in [0.2, 0.25) is 0 Å². The first kappa shape index (κ1) is 13.2. The molecule has 1 aliphatic rings. The third-order valence-electron chi connectivity index (χ3n) is 3.07. The van der Waals surface area contributed by atoms with Crippen LogP contribution in [0, 0.1) is 6.92 Å². The number of rotatable bonds is 2. The lowest BCUT2D eigenvalue weighted by atomic mass is 10.1. The van der Waals surface area contributed by atoms with Gasteiger partial charge in [-0.2, -0.15) is 13.2 Å². The summed E-state index contributed by atoms with van der Waals surface area (Å²) in [7, 11) is 0. The second kappa shape index (κ2) is 5.18. The molecule has 2 rings (SSSR count). The number of nitrogens with one attached hydrogen (secondary N) is 1. The molecule has 1 N–H and O–H groups in total. The lowest BCUT2D eigenvalue weighted by molar-refractivity contribution is -0.138. The van der Waals surface area contributed by atoms with E-state index in [0.717, 1.165) is 19.4 Å². The monoisotopic (exact) mass is 259 g/mol. The molecule has 2 nitrogen and oxygen atoms in total. The van der Waals surface area contributed by atoms with Gasteiger partial charge < -0.3 is 10.1 Å². The number of anilines is 1. The number of alkyl halides is 3. The average Bonchev–Trinajstić information content (AvgIpc) is 2.31. The van der Waals surface area contributed by atoms with E-state index < -0.39 is 11.7 Å². The van der Waals surface area contributed by atoms with Gasteiger partial charge in [0.1, 0.15) is 0 Å². The predicted octanol–water partition coefficient (Wildman–Crippen LogP) is 3.60. The van der Waals surface area contributed by atoms with Crippen LogP contribution < -0.4 is 5.32 Å². The van der Waals surface area contributed by atoms with E-state index in [9.17, 15) is 13.2 Å². The van der Waals surface area contributed by atoms with Gasteiger partial charge in [-0.3, -0.25) is 0 Å². The van der Waals surface area contributed by atoms with E-state index in [1.54, 1.807) is 6.07 Å². The molecule has 0 radical (unpaired) electrons. The number of halogens is 3. The van der Waals surface area contributed by atoms with Crippen molar-refractivity contribution in [3.05, 3.63) is 29.3 Å². The SMILES string of the molecule is Cc1ccc(NC2CCCOC2)cc1C(F)(F)F. The quantitative estimate of drug-likeness (QED) is 0.876. The van der Waals surface area contributed by atoms with Crippen molar-refractivity contribution in [3.8, 4) is 0 Å². The maximum Gasteiger partial charge on any atom is 0.416 e. The summed E-state index contributed by atoms with van der Waals surface area (Å²) in [5.74, 6) is 0. The fraction of sp³-hybridized carbons (Fsp3) is 0.538. The molecule has 1 heterocycles. The van der Waals surface area contributed by atoms with Crippen LogP contribution in [0.1, 0.15) is 24.0 Å². The Hall–Kier alpha value is -1.23. The van der Waals surface area contributed by atoms with Gasteiger partial charge in [0.05, 0.1) is 12.2 Å². The second-order valence-electron chi connectivity index (χ2n) is 4.59. The van der Waals surface area contributed by atoms with Crippen molar-refractivity contribution in [3.63, 3.8) is 0 Å². The number of hydrogen-bond donors (Lipinski definition) is 1. The molecule has 100 valence electrons. The number of ether oxygens (including phenoxy) is 1. The first-order valence-electron chi connectivity index (χ1n) is 5.99. The van der Waals surface area contributed by atoms with E-state index in [0.29, 0.717) is 12.3 Å². The van der Waals surface area contributed by atoms with Crippen LogP contribution in [-0.2, 0) is 10.9 Å². The highest BCUT2D eigenvalue weighted by Gasteiger charge is 2.32. The molecule has 1 saturated heterocycles. The van der Waals surface area contributed by atoms with Crippen molar-refractivity contribution < 1.29 is 17.9 Å².